The van der Waals surface area contributed by atoms with Crippen LogP contribution in [0.3, 0.4) is 0 Å². The minimum absolute atomic E-state index is 0.0154. The van der Waals surface area contributed by atoms with Crippen molar-refractivity contribution in [1.29, 1.82) is 0 Å². The van der Waals surface area contributed by atoms with E-state index < -0.39 is 0 Å². The van der Waals surface area contributed by atoms with Gasteiger partial charge in [-0.2, -0.15) is 0 Å². The Morgan fingerprint density at radius 2 is 1.74 bits per heavy atom. The molecule has 5 heteroatoms. The normalized spacial score (nSPS) is 10.2. The van der Waals surface area contributed by atoms with Crippen LogP contribution in [-0.2, 0) is 0 Å². The number of hydrogen-bond donors (Lipinski definition) is 2. The van der Waals surface area contributed by atoms with Crippen molar-refractivity contribution in [2.24, 2.45) is 0 Å². The molecule has 0 aliphatic carbocycles. The molecule has 1 amide bonds. The summed E-state index contributed by atoms with van der Waals surface area (Å²) in [7, 11) is 0. The quantitative estimate of drug-likeness (QED) is 0.631. The zero-order chi connectivity index (χ0) is 16.8. The molecule has 0 aliphatic rings. The van der Waals surface area contributed by atoms with Gasteiger partial charge in [0.2, 0.25) is 0 Å². The maximum atomic E-state index is 12.2. The molecule has 0 aromatic heterocycles. The fourth-order valence-electron chi connectivity index (χ4n) is 2.02. The molecule has 0 saturated carbocycles. The molecule has 5 nitrogen and oxygen atoms in total. The number of amides is 1. The minimum Gasteiger partial charge on any atom is -0.491 e. The van der Waals surface area contributed by atoms with Gasteiger partial charge >= 0.3 is 0 Å². The molecule has 0 saturated heterocycles. The second-order valence-electron chi connectivity index (χ2n) is 5.19. The first-order valence-electron chi connectivity index (χ1n) is 7.46. The Kier molecular flexibility index (Phi) is 5.36. The molecule has 0 radical (unpaired) electrons. The number of ketones is 1. The molecule has 0 aliphatic heterocycles. The predicted molar refractivity (Wildman–Crippen MR) is 91.0 cm³/mol. The van der Waals surface area contributed by atoms with E-state index in [0.29, 0.717) is 34.9 Å². The van der Waals surface area contributed by atoms with Gasteiger partial charge in [-0.1, -0.05) is 6.92 Å². The van der Waals surface area contributed by atoms with Gasteiger partial charge in [0.15, 0.2) is 5.78 Å². The summed E-state index contributed by atoms with van der Waals surface area (Å²) in [5, 5.41) is 2.77. The van der Waals surface area contributed by atoms with Crippen molar-refractivity contribution in [2.75, 3.05) is 17.7 Å². The van der Waals surface area contributed by atoms with Gasteiger partial charge in [-0.05, 0) is 55.8 Å². The molecule has 0 bridgehead atoms. The van der Waals surface area contributed by atoms with Crippen molar-refractivity contribution in [3.8, 4) is 5.75 Å². The number of benzene rings is 2. The lowest BCUT2D eigenvalue weighted by Crippen LogP contribution is -2.12. The third-order valence-corrected chi connectivity index (χ3v) is 3.28. The van der Waals surface area contributed by atoms with E-state index >= 15 is 0 Å². The lowest BCUT2D eigenvalue weighted by Gasteiger charge is -2.10. The Morgan fingerprint density at radius 3 is 2.30 bits per heavy atom. The van der Waals surface area contributed by atoms with E-state index in [1.165, 1.54) is 6.92 Å². The summed E-state index contributed by atoms with van der Waals surface area (Å²) in [6.07, 6.45) is 0.887. The topological polar surface area (TPSA) is 81.4 Å². The van der Waals surface area contributed by atoms with E-state index in [4.69, 9.17) is 10.5 Å². The molecule has 2 rings (SSSR count). The van der Waals surface area contributed by atoms with Gasteiger partial charge in [-0.15, -0.1) is 0 Å². The van der Waals surface area contributed by atoms with E-state index in [9.17, 15) is 9.59 Å². The highest BCUT2D eigenvalue weighted by Crippen LogP contribution is 2.23. The molecular formula is C18H20N2O3. The van der Waals surface area contributed by atoms with Crippen LogP contribution in [-0.4, -0.2) is 18.3 Å². The van der Waals surface area contributed by atoms with Crippen molar-refractivity contribution in [3.05, 3.63) is 53.6 Å². The predicted octanol–water partition coefficient (Wildman–Crippen LogP) is 3.51. The SMILES string of the molecule is CCCOc1ccc(C(=O)Nc2ccc(C(C)=O)cc2)cc1N. The standard InChI is InChI=1S/C18H20N2O3/c1-3-10-23-17-9-6-14(11-16(17)19)18(22)20-15-7-4-13(5-8-15)12(2)21/h4-9,11H,3,10,19H2,1-2H3,(H,20,22). The largest absolute Gasteiger partial charge is 0.491 e. The van der Waals surface area contributed by atoms with E-state index in [1.807, 2.05) is 6.92 Å². The fourth-order valence-corrected chi connectivity index (χ4v) is 2.02. The maximum absolute atomic E-state index is 12.2. The first-order valence-corrected chi connectivity index (χ1v) is 7.46. The van der Waals surface area contributed by atoms with Crippen LogP contribution in [0.5, 0.6) is 5.75 Å². The van der Waals surface area contributed by atoms with Crippen LogP contribution in [0.25, 0.3) is 0 Å². The van der Waals surface area contributed by atoms with Crippen LogP contribution < -0.4 is 15.8 Å². The Bertz CT molecular complexity index is 709. The van der Waals surface area contributed by atoms with Crippen molar-refractivity contribution in [2.45, 2.75) is 20.3 Å². The number of ether oxygens (including phenoxy) is 1. The number of nitrogen functional groups attached to an aromatic ring is 1. The molecule has 0 atom stereocenters. The third-order valence-electron chi connectivity index (χ3n) is 3.28. The molecule has 3 N–H and O–H groups in total. The molecule has 0 spiro atoms. The zero-order valence-electron chi connectivity index (χ0n) is 13.3. The monoisotopic (exact) mass is 312 g/mol. The second-order valence-corrected chi connectivity index (χ2v) is 5.19. The number of hydrogen-bond acceptors (Lipinski definition) is 4. The van der Waals surface area contributed by atoms with Gasteiger partial charge < -0.3 is 15.8 Å². The van der Waals surface area contributed by atoms with E-state index in [1.54, 1.807) is 42.5 Å². The molecule has 2 aromatic carbocycles. The molecule has 0 heterocycles. The van der Waals surface area contributed by atoms with E-state index in [0.717, 1.165) is 6.42 Å². The Balaban J connectivity index is 2.08. The fraction of sp³-hybridized carbons (Fsp3) is 0.222. The number of nitrogens with one attached hydrogen (secondary N) is 1. The summed E-state index contributed by atoms with van der Waals surface area (Å²) in [6.45, 7) is 4.09. The molecule has 0 unspecified atom stereocenters. The van der Waals surface area contributed by atoms with Crippen molar-refractivity contribution in [1.82, 2.24) is 0 Å². The van der Waals surface area contributed by atoms with E-state index in [2.05, 4.69) is 5.32 Å². The number of nitrogens with two attached hydrogens (primary N) is 1. The highest BCUT2D eigenvalue weighted by molar-refractivity contribution is 6.05. The summed E-state index contributed by atoms with van der Waals surface area (Å²) >= 11 is 0. The number of carbonyl (C=O) groups is 2. The Morgan fingerprint density at radius 1 is 1.09 bits per heavy atom. The summed E-state index contributed by atoms with van der Waals surface area (Å²) in [4.78, 5) is 23.5. The van der Waals surface area contributed by atoms with Gasteiger partial charge in [-0.25, -0.2) is 0 Å². The Labute approximate surface area is 135 Å². The van der Waals surface area contributed by atoms with Crippen LogP contribution in [0.4, 0.5) is 11.4 Å². The first kappa shape index (κ1) is 16.5. The van der Waals surface area contributed by atoms with Gasteiger partial charge in [0.1, 0.15) is 5.75 Å². The van der Waals surface area contributed by atoms with Crippen molar-refractivity contribution < 1.29 is 14.3 Å². The number of rotatable bonds is 6. The van der Waals surface area contributed by atoms with Gasteiger partial charge in [-0.3, -0.25) is 9.59 Å². The lowest BCUT2D eigenvalue weighted by molar-refractivity contribution is 0.101. The molecule has 120 valence electrons. The molecular weight excluding hydrogens is 292 g/mol. The van der Waals surface area contributed by atoms with Gasteiger partial charge in [0.05, 0.1) is 12.3 Å². The molecule has 2 aromatic rings. The van der Waals surface area contributed by atoms with Gasteiger partial charge in [0.25, 0.3) is 5.91 Å². The highest BCUT2D eigenvalue weighted by atomic mass is 16.5. The van der Waals surface area contributed by atoms with Crippen LogP contribution in [0.15, 0.2) is 42.5 Å². The van der Waals surface area contributed by atoms with Crippen LogP contribution in [0.1, 0.15) is 41.0 Å². The summed E-state index contributed by atoms with van der Waals surface area (Å²) in [5.41, 5.74) is 8.00. The average Bonchev–Trinajstić information content (AvgIpc) is 2.54. The minimum atomic E-state index is -0.269. The van der Waals surface area contributed by atoms with Crippen LogP contribution >= 0.6 is 0 Å². The first-order chi connectivity index (χ1) is 11.0. The lowest BCUT2D eigenvalue weighted by atomic mass is 10.1. The average molecular weight is 312 g/mol. The van der Waals surface area contributed by atoms with Crippen LogP contribution in [0.2, 0.25) is 0 Å². The van der Waals surface area contributed by atoms with Gasteiger partial charge in [0, 0.05) is 16.8 Å². The zero-order valence-corrected chi connectivity index (χ0v) is 13.3. The second kappa shape index (κ2) is 7.45. The summed E-state index contributed by atoms with van der Waals surface area (Å²) in [5.74, 6) is 0.293. The van der Waals surface area contributed by atoms with Crippen molar-refractivity contribution >= 4 is 23.1 Å². The van der Waals surface area contributed by atoms with Crippen molar-refractivity contribution in [3.63, 3.8) is 0 Å². The number of Topliss-reactive ketones (excluding diaryl/α,β-unsaturated/α-hetero) is 1. The highest BCUT2D eigenvalue weighted by Gasteiger charge is 2.09. The summed E-state index contributed by atoms with van der Waals surface area (Å²) in [6, 6.07) is 11.7. The molecule has 0 fully saturated rings. The van der Waals surface area contributed by atoms with Crippen LogP contribution in [0, 0.1) is 0 Å². The third kappa shape index (κ3) is 4.32. The smallest absolute Gasteiger partial charge is 0.255 e. The number of anilines is 2. The maximum Gasteiger partial charge on any atom is 0.255 e. The molecule has 23 heavy (non-hydrogen) atoms. The Hall–Kier alpha value is -2.82. The number of carbonyl (C=O) groups excluding carboxylic acids is 2. The summed E-state index contributed by atoms with van der Waals surface area (Å²) < 4.78 is 5.49. The van der Waals surface area contributed by atoms with E-state index in [-0.39, 0.29) is 11.7 Å².